The molecule has 2 rings (SSSR count). The molecule has 0 bridgehead atoms. The molecule has 7 nitrogen and oxygen atoms in total. The average molecular weight is 475 g/mol. The van der Waals surface area contributed by atoms with E-state index >= 15 is 0 Å². The topological polar surface area (TPSA) is 68.7 Å². The van der Waals surface area contributed by atoms with Crippen LogP contribution < -0.4 is 15.5 Å². The van der Waals surface area contributed by atoms with Crippen LogP contribution in [0.1, 0.15) is 33.1 Å². The Balaban J connectivity index is 0.00000338. The standard InChI is InChI=1S/C18H33N7.HI/c1-3-5-8-20-17(19-4-2)21-11-7-12-24-13-15-25(16-14-24)18-22-9-6-10-23-18;/h6,9-10H,3-5,7-8,11-16H2,1-2H3,(H2,19,20,21);1H. The fourth-order valence-corrected chi connectivity index (χ4v) is 2.84. The number of rotatable bonds is 9. The van der Waals surface area contributed by atoms with Gasteiger partial charge in [-0.2, -0.15) is 0 Å². The molecule has 2 heterocycles. The van der Waals surface area contributed by atoms with Crippen LogP contribution >= 0.6 is 24.0 Å². The molecule has 2 N–H and O–H groups in total. The maximum Gasteiger partial charge on any atom is 0.225 e. The number of hydrogen-bond acceptors (Lipinski definition) is 5. The number of anilines is 1. The van der Waals surface area contributed by atoms with Crippen LogP contribution in [0.4, 0.5) is 5.95 Å². The van der Waals surface area contributed by atoms with Crippen molar-refractivity contribution in [2.45, 2.75) is 33.1 Å². The fourth-order valence-electron chi connectivity index (χ4n) is 2.84. The zero-order valence-corrected chi connectivity index (χ0v) is 18.5. The maximum absolute atomic E-state index is 4.67. The lowest BCUT2D eigenvalue weighted by molar-refractivity contribution is 0.255. The largest absolute Gasteiger partial charge is 0.357 e. The molecule has 26 heavy (non-hydrogen) atoms. The van der Waals surface area contributed by atoms with Gasteiger partial charge in [0.05, 0.1) is 0 Å². The van der Waals surface area contributed by atoms with Crippen molar-refractivity contribution in [2.75, 3.05) is 57.3 Å². The fraction of sp³-hybridized carbons (Fsp3) is 0.722. The van der Waals surface area contributed by atoms with E-state index in [4.69, 9.17) is 0 Å². The van der Waals surface area contributed by atoms with Crippen LogP contribution in [0.15, 0.2) is 23.5 Å². The summed E-state index contributed by atoms with van der Waals surface area (Å²) in [5.41, 5.74) is 0. The van der Waals surface area contributed by atoms with E-state index in [-0.39, 0.29) is 24.0 Å². The van der Waals surface area contributed by atoms with Crippen molar-refractivity contribution in [3.8, 4) is 0 Å². The first-order chi connectivity index (χ1) is 12.3. The molecule has 0 aromatic carbocycles. The van der Waals surface area contributed by atoms with Gasteiger partial charge in [-0.05, 0) is 25.8 Å². The number of hydrogen-bond donors (Lipinski definition) is 2. The van der Waals surface area contributed by atoms with Gasteiger partial charge in [0.2, 0.25) is 5.95 Å². The summed E-state index contributed by atoms with van der Waals surface area (Å²) in [6, 6.07) is 1.86. The molecule has 1 aliphatic heterocycles. The van der Waals surface area contributed by atoms with Gasteiger partial charge in [0.1, 0.15) is 0 Å². The lowest BCUT2D eigenvalue weighted by Crippen LogP contribution is -2.47. The quantitative estimate of drug-likeness (QED) is 0.246. The molecule has 8 heteroatoms. The smallest absolute Gasteiger partial charge is 0.225 e. The molecule has 1 fully saturated rings. The Morgan fingerprint density at radius 1 is 1.08 bits per heavy atom. The summed E-state index contributed by atoms with van der Waals surface area (Å²) < 4.78 is 0. The van der Waals surface area contributed by atoms with Crippen LogP contribution in [0.3, 0.4) is 0 Å². The minimum absolute atomic E-state index is 0. The highest BCUT2D eigenvalue weighted by Crippen LogP contribution is 2.09. The minimum Gasteiger partial charge on any atom is -0.357 e. The Morgan fingerprint density at radius 3 is 2.46 bits per heavy atom. The van der Waals surface area contributed by atoms with E-state index < -0.39 is 0 Å². The van der Waals surface area contributed by atoms with E-state index in [1.165, 1.54) is 12.8 Å². The van der Waals surface area contributed by atoms with Gasteiger partial charge in [-0.3, -0.25) is 9.89 Å². The summed E-state index contributed by atoms with van der Waals surface area (Å²) in [5.74, 6) is 1.79. The molecule has 0 spiro atoms. The number of nitrogens with one attached hydrogen (secondary N) is 2. The van der Waals surface area contributed by atoms with Crippen molar-refractivity contribution in [3.63, 3.8) is 0 Å². The van der Waals surface area contributed by atoms with Crippen LogP contribution in [-0.2, 0) is 0 Å². The predicted octanol–water partition coefficient (Wildman–Crippen LogP) is 1.96. The number of nitrogens with zero attached hydrogens (tertiary/aromatic N) is 5. The lowest BCUT2D eigenvalue weighted by atomic mass is 10.3. The molecule has 1 aromatic heterocycles. The molecule has 1 aliphatic rings. The summed E-state index contributed by atoms with van der Waals surface area (Å²) in [6.45, 7) is 12.3. The third-order valence-corrected chi connectivity index (χ3v) is 4.28. The Labute approximate surface area is 175 Å². The Bertz CT molecular complexity index is 490. The van der Waals surface area contributed by atoms with Crippen molar-refractivity contribution in [1.82, 2.24) is 25.5 Å². The normalized spacial score (nSPS) is 15.5. The molecule has 1 saturated heterocycles. The van der Waals surface area contributed by atoms with Gasteiger partial charge in [-0.25, -0.2) is 9.97 Å². The first kappa shape index (κ1) is 22.9. The van der Waals surface area contributed by atoms with Crippen molar-refractivity contribution >= 4 is 35.9 Å². The van der Waals surface area contributed by atoms with Crippen LogP contribution in [0.2, 0.25) is 0 Å². The maximum atomic E-state index is 4.67. The average Bonchev–Trinajstić information content (AvgIpc) is 2.66. The zero-order valence-electron chi connectivity index (χ0n) is 16.2. The highest BCUT2D eigenvalue weighted by Gasteiger charge is 2.17. The molecule has 0 amide bonds. The van der Waals surface area contributed by atoms with Crippen LogP contribution in [0.25, 0.3) is 0 Å². The Kier molecular flexibility index (Phi) is 12.3. The first-order valence-electron chi connectivity index (χ1n) is 9.60. The van der Waals surface area contributed by atoms with E-state index in [1.807, 2.05) is 18.5 Å². The second-order valence-corrected chi connectivity index (χ2v) is 6.27. The van der Waals surface area contributed by atoms with Gasteiger partial charge in [-0.1, -0.05) is 13.3 Å². The van der Waals surface area contributed by atoms with Crippen molar-refractivity contribution in [3.05, 3.63) is 18.5 Å². The van der Waals surface area contributed by atoms with Gasteiger partial charge in [0.15, 0.2) is 5.96 Å². The number of guanidine groups is 1. The van der Waals surface area contributed by atoms with Crippen molar-refractivity contribution < 1.29 is 0 Å². The van der Waals surface area contributed by atoms with Crippen LogP contribution in [-0.4, -0.2) is 73.2 Å². The van der Waals surface area contributed by atoms with Gasteiger partial charge in [0.25, 0.3) is 0 Å². The molecule has 1 aromatic rings. The van der Waals surface area contributed by atoms with E-state index in [0.29, 0.717) is 0 Å². The van der Waals surface area contributed by atoms with Crippen LogP contribution in [0.5, 0.6) is 0 Å². The number of halogens is 1. The van der Waals surface area contributed by atoms with Crippen molar-refractivity contribution in [1.29, 1.82) is 0 Å². The van der Waals surface area contributed by atoms with Gasteiger partial charge in [0, 0.05) is 64.8 Å². The predicted molar refractivity (Wildman–Crippen MR) is 120 cm³/mol. The molecule has 0 radical (unpaired) electrons. The molecule has 0 atom stereocenters. The molecular weight excluding hydrogens is 441 g/mol. The van der Waals surface area contributed by atoms with E-state index in [0.717, 1.165) is 70.7 Å². The van der Waals surface area contributed by atoms with Crippen LogP contribution in [0, 0.1) is 0 Å². The summed E-state index contributed by atoms with van der Waals surface area (Å²) in [7, 11) is 0. The second-order valence-electron chi connectivity index (χ2n) is 6.27. The number of aromatic nitrogens is 2. The van der Waals surface area contributed by atoms with Crippen molar-refractivity contribution in [2.24, 2.45) is 4.99 Å². The molecule has 0 saturated carbocycles. The first-order valence-corrected chi connectivity index (χ1v) is 9.60. The third-order valence-electron chi connectivity index (χ3n) is 4.28. The molecular formula is C18H34IN7. The number of aliphatic imine (C=N–C) groups is 1. The molecule has 148 valence electrons. The highest BCUT2D eigenvalue weighted by molar-refractivity contribution is 14.0. The summed E-state index contributed by atoms with van der Waals surface area (Å²) in [5, 5.41) is 6.70. The van der Waals surface area contributed by atoms with Gasteiger partial charge in [-0.15, -0.1) is 24.0 Å². The molecule has 0 aliphatic carbocycles. The number of unbranched alkanes of at least 4 members (excludes halogenated alkanes) is 1. The summed E-state index contributed by atoms with van der Waals surface area (Å²) >= 11 is 0. The monoisotopic (exact) mass is 475 g/mol. The van der Waals surface area contributed by atoms with Gasteiger partial charge < -0.3 is 15.5 Å². The molecule has 0 unspecified atom stereocenters. The Hall–Kier alpha value is -1.16. The summed E-state index contributed by atoms with van der Waals surface area (Å²) in [4.78, 5) is 18.1. The van der Waals surface area contributed by atoms with E-state index in [9.17, 15) is 0 Å². The van der Waals surface area contributed by atoms with Gasteiger partial charge >= 0.3 is 0 Å². The summed E-state index contributed by atoms with van der Waals surface area (Å²) in [6.07, 6.45) is 7.09. The highest BCUT2D eigenvalue weighted by atomic mass is 127. The SMILES string of the molecule is CCCCNC(=NCCCN1CCN(c2ncccn2)CC1)NCC.I. The zero-order chi connectivity index (χ0) is 17.7. The minimum atomic E-state index is 0. The second kappa shape index (κ2) is 14.0. The third kappa shape index (κ3) is 8.48. The lowest BCUT2D eigenvalue weighted by Gasteiger charge is -2.34. The van der Waals surface area contributed by atoms with E-state index in [2.05, 4.69) is 49.2 Å². The number of piperazine rings is 1. The Morgan fingerprint density at radius 2 is 1.81 bits per heavy atom. The van der Waals surface area contributed by atoms with E-state index in [1.54, 1.807) is 0 Å².